The highest BCUT2D eigenvalue weighted by Gasteiger charge is 2.36. The number of hydrogen-bond acceptors (Lipinski definition) is 4. The summed E-state index contributed by atoms with van der Waals surface area (Å²) in [6.45, 7) is -1.24. The molecule has 0 N–H and O–H groups in total. The summed E-state index contributed by atoms with van der Waals surface area (Å²) in [6, 6.07) is 26.1. The van der Waals surface area contributed by atoms with Gasteiger partial charge in [-0.1, -0.05) is 59.9 Å². The molecule has 0 saturated heterocycles. The van der Waals surface area contributed by atoms with Gasteiger partial charge in [-0.2, -0.15) is 0 Å². The SMILES string of the molecule is FCCCCc1ccc2c(c1)Sc1c(CCCCF)cccc1N2N1c2ccc(CCCCF)cc2Sc2c(CCCCF)cccc21. The van der Waals surface area contributed by atoms with Crippen molar-refractivity contribution in [2.24, 2.45) is 0 Å². The van der Waals surface area contributed by atoms with Crippen molar-refractivity contribution in [3.8, 4) is 0 Å². The zero-order chi connectivity index (χ0) is 33.3. The lowest BCUT2D eigenvalue weighted by Crippen LogP contribution is -2.39. The van der Waals surface area contributed by atoms with E-state index in [1.165, 1.54) is 32.0 Å². The van der Waals surface area contributed by atoms with Crippen LogP contribution in [0.2, 0.25) is 0 Å². The Kier molecular flexibility index (Phi) is 12.3. The second kappa shape index (κ2) is 17.0. The van der Waals surface area contributed by atoms with Crippen LogP contribution in [0, 0.1) is 0 Å². The van der Waals surface area contributed by atoms with E-state index in [0.29, 0.717) is 25.7 Å². The minimum atomic E-state index is -0.318. The lowest BCUT2D eigenvalue weighted by Gasteiger charge is -2.45. The molecule has 254 valence electrons. The Hall–Kier alpha value is -3.10. The van der Waals surface area contributed by atoms with Crippen LogP contribution < -0.4 is 10.0 Å². The molecule has 4 aromatic carbocycles. The molecule has 2 heterocycles. The van der Waals surface area contributed by atoms with Crippen LogP contribution in [-0.2, 0) is 25.7 Å². The first-order valence-electron chi connectivity index (χ1n) is 17.4. The molecule has 0 amide bonds. The largest absolute Gasteiger partial charge is 0.251 e. The summed E-state index contributed by atoms with van der Waals surface area (Å²) in [4.78, 5) is 4.63. The number of hydrazine groups is 1. The van der Waals surface area contributed by atoms with E-state index in [4.69, 9.17) is 0 Å². The fourth-order valence-electron chi connectivity index (χ4n) is 6.62. The zero-order valence-corrected chi connectivity index (χ0v) is 29.1. The molecular formula is C40H44F4N2S2. The monoisotopic (exact) mass is 692 g/mol. The van der Waals surface area contributed by atoms with Crippen LogP contribution in [0.25, 0.3) is 0 Å². The third kappa shape index (κ3) is 7.70. The van der Waals surface area contributed by atoms with E-state index >= 15 is 0 Å². The fourth-order valence-corrected chi connectivity index (χ4v) is 9.12. The first kappa shape index (κ1) is 34.8. The molecule has 0 saturated carbocycles. The number of alkyl halides is 4. The predicted octanol–water partition coefficient (Wildman–Crippen LogP) is 12.7. The third-order valence-corrected chi connectivity index (χ3v) is 11.5. The summed E-state index contributed by atoms with van der Waals surface area (Å²) >= 11 is 3.55. The maximum Gasteiger partial charge on any atom is 0.0894 e. The van der Waals surface area contributed by atoms with E-state index in [-0.39, 0.29) is 26.7 Å². The van der Waals surface area contributed by atoms with Gasteiger partial charge in [-0.25, -0.2) is 10.0 Å². The van der Waals surface area contributed by atoms with E-state index in [2.05, 4.69) is 82.8 Å². The van der Waals surface area contributed by atoms with Gasteiger partial charge < -0.3 is 0 Å². The minimum Gasteiger partial charge on any atom is -0.251 e. The molecule has 6 rings (SSSR count). The standard InChI is InChI=1S/C40H44F4N2S2/c41-23-5-1-11-29-19-21-33-37(27-29)47-39-31(13-3-7-25-43)15-9-17-35(39)45(33)46-34-22-20-30(12-2-6-24-42)28-38(34)48-40-32(14-4-8-26-44)16-10-18-36(40)46/h9-10,15-22,27-28H,1-8,11-14,23-26H2. The molecule has 4 aromatic rings. The second-order valence-electron chi connectivity index (χ2n) is 12.5. The number of nitrogens with zero attached hydrogens (tertiary/aromatic N) is 2. The van der Waals surface area contributed by atoms with Crippen molar-refractivity contribution >= 4 is 46.3 Å². The molecule has 2 nitrogen and oxygen atoms in total. The van der Waals surface area contributed by atoms with Crippen molar-refractivity contribution in [2.45, 2.75) is 96.6 Å². The van der Waals surface area contributed by atoms with Crippen LogP contribution in [0.1, 0.15) is 73.6 Å². The van der Waals surface area contributed by atoms with Gasteiger partial charge in [0, 0.05) is 19.6 Å². The molecule has 0 radical (unpaired) electrons. The van der Waals surface area contributed by atoms with Crippen molar-refractivity contribution in [1.29, 1.82) is 0 Å². The van der Waals surface area contributed by atoms with Gasteiger partial charge in [0.15, 0.2) is 0 Å². The van der Waals surface area contributed by atoms with Crippen LogP contribution in [0.5, 0.6) is 0 Å². The molecule has 0 aliphatic carbocycles. The van der Waals surface area contributed by atoms with Gasteiger partial charge in [-0.3, -0.25) is 17.6 Å². The highest BCUT2D eigenvalue weighted by atomic mass is 32.2. The summed E-state index contributed by atoms with van der Waals surface area (Å²) in [7, 11) is 0. The van der Waals surface area contributed by atoms with Crippen molar-refractivity contribution in [2.75, 3.05) is 36.7 Å². The average molecular weight is 693 g/mol. The van der Waals surface area contributed by atoms with Crippen LogP contribution >= 0.6 is 23.5 Å². The number of hydrogen-bond donors (Lipinski definition) is 0. The molecule has 0 fully saturated rings. The highest BCUT2D eigenvalue weighted by Crippen LogP contribution is 2.57. The Bertz CT molecular complexity index is 1560. The molecule has 0 unspecified atom stereocenters. The molecular weight excluding hydrogens is 649 g/mol. The van der Waals surface area contributed by atoms with Gasteiger partial charge in [0.2, 0.25) is 0 Å². The maximum absolute atomic E-state index is 13.2. The van der Waals surface area contributed by atoms with E-state index < -0.39 is 0 Å². The Morgan fingerprint density at radius 3 is 1.21 bits per heavy atom. The topological polar surface area (TPSA) is 6.48 Å². The van der Waals surface area contributed by atoms with Crippen molar-refractivity contribution in [3.05, 3.63) is 95.1 Å². The molecule has 0 aromatic heterocycles. The lowest BCUT2D eigenvalue weighted by atomic mass is 10.0. The Morgan fingerprint density at radius 1 is 0.417 bits per heavy atom. The van der Waals surface area contributed by atoms with Crippen molar-refractivity contribution < 1.29 is 17.6 Å². The number of anilines is 4. The van der Waals surface area contributed by atoms with Gasteiger partial charge in [0.05, 0.1) is 49.4 Å². The Balaban J connectivity index is 1.51. The zero-order valence-electron chi connectivity index (χ0n) is 27.5. The highest BCUT2D eigenvalue weighted by molar-refractivity contribution is 8.00. The predicted molar refractivity (Wildman–Crippen MR) is 194 cm³/mol. The van der Waals surface area contributed by atoms with E-state index in [1.54, 1.807) is 23.5 Å². The Labute approximate surface area is 291 Å². The molecule has 0 spiro atoms. The summed E-state index contributed by atoms with van der Waals surface area (Å²) < 4.78 is 52.2. The number of benzene rings is 4. The maximum atomic E-state index is 13.2. The number of halogens is 4. The van der Waals surface area contributed by atoms with Gasteiger partial charge >= 0.3 is 0 Å². The van der Waals surface area contributed by atoms with Gasteiger partial charge in [0.1, 0.15) is 0 Å². The summed E-state index contributed by atoms with van der Waals surface area (Å²) in [5, 5.41) is 4.69. The van der Waals surface area contributed by atoms with Crippen molar-refractivity contribution in [3.63, 3.8) is 0 Å². The smallest absolute Gasteiger partial charge is 0.0894 e. The Morgan fingerprint density at radius 2 is 0.812 bits per heavy atom. The normalized spacial score (nSPS) is 13.2. The molecule has 2 aliphatic heterocycles. The molecule has 48 heavy (non-hydrogen) atoms. The van der Waals surface area contributed by atoms with Crippen molar-refractivity contribution in [1.82, 2.24) is 0 Å². The average Bonchev–Trinajstić information content (AvgIpc) is 3.10. The van der Waals surface area contributed by atoms with E-state index in [0.717, 1.165) is 83.9 Å². The molecule has 0 bridgehead atoms. The van der Waals surface area contributed by atoms with Crippen LogP contribution in [-0.4, -0.2) is 26.7 Å². The number of fused-ring (bicyclic) bond motifs is 4. The van der Waals surface area contributed by atoms with E-state index in [1.807, 2.05) is 0 Å². The third-order valence-electron chi connectivity index (χ3n) is 9.09. The van der Waals surface area contributed by atoms with Gasteiger partial charge in [-0.15, -0.1) is 0 Å². The molecule has 0 atom stereocenters. The quantitative estimate of drug-likeness (QED) is 0.0802. The minimum absolute atomic E-state index is 0.303. The molecule has 2 aliphatic rings. The molecule has 8 heteroatoms. The van der Waals surface area contributed by atoms with Gasteiger partial charge in [-0.05, 0) is 136 Å². The number of rotatable bonds is 17. The first-order chi connectivity index (χ1) is 23.7. The number of unbranched alkanes of at least 4 members (excludes halogenated alkanes) is 4. The first-order valence-corrected chi connectivity index (χ1v) is 19.0. The van der Waals surface area contributed by atoms with Crippen LogP contribution in [0.4, 0.5) is 40.3 Å². The number of aryl methyl sites for hydroxylation is 4. The fraction of sp³-hybridized carbons (Fsp3) is 0.400. The second-order valence-corrected chi connectivity index (χ2v) is 14.7. The van der Waals surface area contributed by atoms with Gasteiger partial charge in [0.25, 0.3) is 0 Å². The van der Waals surface area contributed by atoms with E-state index in [9.17, 15) is 17.6 Å². The van der Waals surface area contributed by atoms with Crippen LogP contribution in [0.15, 0.2) is 92.4 Å². The summed E-state index contributed by atoms with van der Waals surface area (Å²) in [5.41, 5.74) is 9.09. The lowest BCUT2D eigenvalue weighted by molar-refractivity contribution is 0.461. The van der Waals surface area contributed by atoms with Crippen LogP contribution in [0.3, 0.4) is 0 Å². The summed E-state index contributed by atoms with van der Waals surface area (Å²) in [6.07, 6.45) is 8.59. The summed E-state index contributed by atoms with van der Waals surface area (Å²) in [5.74, 6) is 0.